The lowest BCUT2D eigenvalue weighted by molar-refractivity contribution is -0.255. The molecule has 0 spiro atoms. The monoisotopic (exact) mass is 423 g/mol. The van der Waals surface area contributed by atoms with Crippen molar-refractivity contribution in [3.05, 3.63) is 116 Å². The third kappa shape index (κ3) is 4.23. The highest BCUT2D eigenvalue weighted by atomic mass is 16.4. The molecule has 4 aromatic rings. The zero-order chi connectivity index (χ0) is 22.7. The third-order valence-corrected chi connectivity index (χ3v) is 5.25. The number of benzene rings is 3. The fourth-order valence-corrected chi connectivity index (χ4v) is 3.51. The average Bonchev–Trinajstić information content (AvgIpc) is 2.81. The Labute approximate surface area is 184 Å². The highest BCUT2D eigenvalue weighted by Crippen LogP contribution is 2.11. The van der Waals surface area contributed by atoms with Gasteiger partial charge in [0.05, 0.1) is 23.4 Å². The van der Waals surface area contributed by atoms with Crippen LogP contribution in [0, 0.1) is 11.8 Å². The number of carbonyl (C=O) groups excluding carboxylic acids is 1. The van der Waals surface area contributed by atoms with E-state index in [-0.39, 0.29) is 12.1 Å². The number of carboxylic acid groups (broad SMARTS) is 1. The minimum absolute atomic E-state index is 0.0265. The molecule has 0 atom stereocenters. The van der Waals surface area contributed by atoms with E-state index in [9.17, 15) is 19.5 Å². The molecule has 0 amide bonds. The number of carbonyl (C=O) groups is 1. The molecule has 1 heterocycles. The number of hydrogen-bond donors (Lipinski definition) is 0. The van der Waals surface area contributed by atoms with Crippen LogP contribution in [0.3, 0.4) is 0 Å². The highest BCUT2D eigenvalue weighted by Gasteiger charge is 2.12. The lowest BCUT2D eigenvalue weighted by Gasteiger charge is -2.11. The summed E-state index contributed by atoms with van der Waals surface area (Å²) >= 11 is 0. The van der Waals surface area contributed by atoms with Gasteiger partial charge in [0.2, 0.25) is 0 Å². The van der Waals surface area contributed by atoms with Gasteiger partial charge in [-0.15, -0.1) is 0 Å². The zero-order valence-corrected chi connectivity index (χ0v) is 17.4. The van der Waals surface area contributed by atoms with Crippen LogP contribution in [-0.2, 0) is 20.0 Å². The van der Waals surface area contributed by atoms with Crippen molar-refractivity contribution in [2.45, 2.75) is 13.0 Å². The fraction of sp³-hybridized carbons (Fsp3) is 0.115. The summed E-state index contributed by atoms with van der Waals surface area (Å²) in [5.41, 5.74) is 2.12. The van der Waals surface area contributed by atoms with Crippen molar-refractivity contribution in [2.75, 3.05) is 0 Å². The van der Waals surface area contributed by atoms with Crippen LogP contribution >= 0.6 is 0 Å². The molecule has 0 fully saturated rings. The molecule has 0 aliphatic heterocycles. The van der Waals surface area contributed by atoms with Gasteiger partial charge in [0, 0.05) is 19.0 Å². The maximum Gasteiger partial charge on any atom is 0.331 e. The fourth-order valence-electron chi connectivity index (χ4n) is 3.51. The first-order valence-corrected chi connectivity index (χ1v) is 10.0. The third-order valence-electron chi connectivity index (χ3n) is 5.25. The molecule has 0 aliphatic rings. The minimum atomic E-state index is -1.28. The van der Waals surface area contributed by atoms with E-state index in [1.807, 2.05) is 30.3 Å². The number of rotatable bonds is 4. The SMILES string of the molecule is Cn1c(=O)n(Cc2ccc(C(=O)[O-])cc2)c(=O)c2cc(C#CCc3ccccc3)ccc21. The van der Waals surface area contributed by atoms with Crippen LogP contribution in [0.2, 0.25) is 0 Å². The van der Waals surface area contributed by atoms with Gasteiger partial charge in [-0.05, 0) is 34.9 Å². The first-order chi connectivity index (χ1) is 15.4. The first-order valence-electron chi connectivity index (χ1n) is 10.0. The maximum atomic E-state index is 13.1. The summed E-state index contributed by atoms with van der Waals surface area (Å²) in [7, 11) is 1.61. The van der Waals surface area contributed by atoms with Gasteiger partial charge in [-0.25, -0.2) is 4.79 Å². The van der Waals surface area contributed by atoms with Gasteiger partial charge in [-0.1, -0.05) is 66.4 Å². The van der Waals surface area contributed by atoms with Gasteiger partial charge in [-0.2, -0.15) is 0 Å². The topological polar surface area (TPSA) is 84.1 Å². The molecular formula is C26H19N2O4-. The van der Waals surface area contributed by atoms with E-state index < -0.39 is 17.2 Å². The maximum absolute atomic E-state index is 13.1. The van der Waals surface area contributed by atoms with E-state index in [4.69, 9.17) is 0 Å². The van der Waals surface area contributed by atoms with Gasteiger partial charge in [-0.3, -0.25) is 13.9 Å². The quantitative estimate of drug-likeness (QED) is 0.468. The lowest BCUT2D eigenvalue weighted by atomic mass is 10.1. The Balaban J connectivity index is 1.70. The van der Waals surface area contributed by atoms with Gasteiger partial charge in [0.25, 0.3) is 5.56 Å². The van der Waals surface area contributed by atoms with Crippen LogP contribution in [0.25, 0.3) is 10.9 Å². The van der Waals surface area contributed by atoms with Crippen molar-refractivity contribution in [1.82, 2.24) is 9.13 Å². The van der Waals surface area contributed by atoms with E-state index in [0.717, 1.165) is 10.1 Å². The number of carboxylic acids is 1. The van der Waals surface area contributed by atoms with Crippen molar-refractivity contribution in [2.24, 2.45) is 7.05 Å². The molecule has 0 N–H and O–H groups in total. The Morgan fingerprint density at radius 3 is 2.34 bits per heavy atom. The summed E-state index contributed by atoms with van der Waals surface area (Å²) in [6, 6.07) is 21.0. The largest absolute Gasteiger partial charge is 0.545 e. The van der Waals surface area contributed by atoms with Gasteiger partial charge in [0.1, 0.15) is 0 Å². The Morgan fingerprint density at radius 2 is 1.66 bits per heavy atom. The predicted octanol–water partition coefficient (Wildman–Crippen LogP) is 1.71. The molecular weight excluding hydrogens is 404 g/mol. The number of aromatic carboxylic acids is 1. The van der Waals surface area contributed by atoms with Gasteiger partial charge >= 0.3 is 5.69 Å². The molecule has 6 nitrogen and oxygen atoms in total. The lowest BCUT2D eigenvalue weighted by Crippen LogP contribution is -2.39. The molecule has 0 aliphatic carbocycles. The summed E-state index contributed by atoms with van der Waals surface area (Å²) in [6.07, 6.45) is 0.595. The van der Waals surface area contributed by atoms with Crippen LogP contribution in [0.5, 0.6) is 0 Å². The number of aromatic nitrogens is 2. The van der Waals surface area contributed by atoms with Crippen LogP contribution in [0.4, 0.5) is 0 Å². The molecule has 158 valence electrons. The predicted molar refractivity (Wildman–Crippen MR) is 120 cm³/mol. The van der Waals surface area contributed by atoms with Crippen molar-refractivity contribution < 1.29 is 9.90 Å². The van der Waals surface area contributed by atoms with E-state index in [1.54, 1.807) is 37.4 Å². The van der Waals surface area contributed by atoms with Crippen LogP contribution in [0.1, 0.15) is 27.0 Å². The number of nitrogens with zero attached hydrogens (tertiary/aromatic N) is 2. The molecule has 1 aromatic heterocycles. The molecule has 0 saturated heterocycles. The van der Waals surface area contributed by atoms with Crippen molar-refractivity contribution >= 4 is 16.9 Å². The van der Waals surface area contributed by atoms with Crippen LogP contribution < -0.4 is 16.4 Å². The van der Waals surface area contributed by atoms with Gasteiger partial charge < -0.3 is 9.90 Å². The van der Waals surface area contributed by atoms with Crippen molar-refractivity contribution in [3.8, 4) is 11.8 Å². The zero-order valence-electron chi connectivity index (χ0n) is 17.4. The molecule has 0 saturated carbocycles. The normalized spacial score (nSPS) is 10.5. The smallest absolute Gasteiger partial charge is 0.331 e. The number of fused-ring (bicyclic) bond motifs is 1. The Bertz CT molecular complexity index is 1490. The van der Waals surface area contributed by atoms with Crippen molar-refractivity contribution in [1.29, 1.82) is 0 Å². The Kier molecular flexibility index (Phi) is 5.73. The molecule has 6 heteroatoms. The van der Waals surface area contributed by atoms with Crippen LogP contribution in [-0.4, -0.2) is 15.1 Å². The molecule has 4 rings (SSSR count). The second-order valence-corrected chi connectivity index (χ2v) is 7.41. The highest BCUT2D eigenvalue weighted by molar-refractivity contribution is 5.85. The number of aryl methyl sites for hydroxylation is 1. The van der Waals surface area contributed by atoms with E-state index in [0.29, 0.717) is 28.5 Å². The van der Waals surface area contributed by atoms with Crippen molar-refractivity contribution in [3.63, 3.8) is 0 Å². The summed E-state index contributed by atoms with van der Waals surface area (Å²) in [6.45, 7) is 0.0265. The van der Waals surface area contributed by atoms with E-state index >= 15 is 0 Å². The summed E-state index contributed by atoms with van der Waals surface area (Å²) in [4.78, 5) is 36.8. The summed E-state index contributed by atoms with van der Waals surface area (Å²) in [5.74, 6) is 4.92. The Morgan fingerprint density at radius 1 is 0.938 bits per heavy atom. The summed E-state index contributed by atoms with van der Waals surface area (Å²) < 4.78 is 2.56. The summed E-state index contributed by atoms with van der Waals surface area (Å²) in [5, 5.41) is 11.3. The minimum Gasteiger partial charge on any atom is -0.545 e. The molecule has 3 aromatic carbocycles. The molecule has 0 unspecified atom stereocenters. The van der Waals surface area contributed by atoms with E-state index in [2.05, 4.69) is 11.8 Å². The average molecular weight is 423 g/mol. The molecule has 32 heavy (non-hydrogen) atoms. The second-order valence-electron chi connectivity index (χ2n) is 7.41. The van der Waals surface area contributed by atoms with Crippen LogP contribution in [0.15, 0.2) is 82.4 Å². The van der Waals surface area contributed by atoms with E-state index in [1.165, 1.54) is 16.7 Å². The molecule has 0 bridgehead atoms. The first kappa shape index (κ1) is 20.9. The number of hydrogen-bond acceptors (Lipinski definition) is 4. The molecule has 0 radical (unpaired) electrons. The standard InChI is InChI=1S/C26H20N2O4/c1-27-23-15-12-19(9-5-8-18-6-3-2-4-7-18)16-22(23)24(29)28(26(27)32)17-20-10-13-21(14-11-20)25(30)31/h2-4,6-7,10-16H,8,17H2,1H3,(H,30,31)/p-1. The Hall–Kier alpha value is -4.37. The van der Waals surface area contributed by atoms with Gasteiger partial charge in [0.15, 0.2) is 0 Å². The second kappa shape index (κ2) is 8.78.